The second kappa shape index (κ2) is 8.44. The SMILES string of the molecule is COC(=O)c1cccc(O[C@@H]2C[C@@H]3CN(C(=O)c4ccncc4C)C[C@@H]3C[C@H]2O)c1. The Balaban J connectivity index is 1.43. The third-order valence-electron chi connectivity index (χ3n) is 6.17. The molecule has 4 atom stereocenters. The molecule has 7 heteroatoms. The minimum absolute atomic E-state index is 0.0158. The van der Waals surface area contributed by atoms with E-state index in [0.29, 0.717) is 42.8 Å². The number of carbonyl (C=O) groups excluding carboxylic acids is 2. The van der Waals surface area contributed by atoms with E-state index >= 15 is 0 Å². The van der Waals surface area contributed by atoms with Gasteiger partial charge in [-0.15, -0.1) is 0 Å². The summed E-state index contributed by atoms with van der Waals surface area (Å²) in [5.74, 6) is 0.641. The van der Waals surface area contributed by atoms with Gasteiger partial charge in [0, 0.05) is 31.0 Å². The van der Waals surface area contributed by atoms with Crippen molar-refractivity contribution in [1.29, 1.82) is 0 Å². The molecule has 1 N–H and O–H groups in total. The smallest absolute Gasteiger partial charge is 0.337 e. The van der Waals surface area contributed by atoms with Crippen LogP contribution in [0.25, 0.3) is 0 Å². The Morgan fingerprint density at radius 3 is 2.67 bits per heavy atom. The molecular formula is C23H26N2O5. The second-order valence-corrected chi connectivity index (χ2v) is 8.14. The van der Waals surface area contributed by atoms with Crippen LogP contribution in [0, 0.1) is 18.8 Å². The van der Waals surface area contributed by atoms with Crippen LogP contribution in [-0.2, 0) is 4.74 Å². The van der Waals surface area contributed by atoms with Gasteiger partial charge in [0.25, 0.3) is 5.91 Å². The van der Waals surface area contributed by atoms with Crippen molar-refractivity contribution in [2.45, 2.75) is 32.0 Å². The highest BCUT2D eigenvalue weighted by atomic mass is 16.5. The van der Waals surface area contributed by atoms with Crippen LogP contribution in [0.3, 0.4) is 0 Å². The minimum atomic E-state index is -0.620. The number of rotatable bonds is 4. The summed E-state index contributed by atoms with van der Waals surface area (Å²) in [4.78, 5) is 30.6. The molecule has 1 aliphatic heterocycles. The zero-order chi connectivity index (χ0) is 21.3. The van der Waals surface area contributed by atoms with E-state index in [1.807, 2.05) is 11.8 Å². The number of methoxy groups -OCH3 is 1. The van der Waals surface area contributed by atoms with Gasteiger partial charge in [-0.25, -0.2) is 4.79 Å². The summed E-state index contributed by atoms with van der Waals surface area (Å²) in [6.07, 6.45) is 3.59. The molecule has 1 saturated heterocycles. The predicted molar refractivity (Wildman–Crippen MR) is 109 cm³/mol. The topological polar surface area (TPSA) is 89.0 Å². The van der Waals surface area contributed by atoms with E-state index in [9.17, 15) is 14.7 Å². The van der Waals surface area contributed by atoms with Gasteiger partial charge in [-0.1, -0.05) is 6.07 Å². The van der Waals surface area contributed by atoms with Gasteiger partial charge in [0.05, 0.1) is 18.8 Å². The third kappa shape index (κ3) is 4.03. The molecule has 1 aromatic carbocycles. The number of hydrogen-bond acceptors (Lipinski definition) is 6. The first-order chi connectivity index (χ1) is 14.5. The maximum absolute atomic E-state index is 13.0. The quantitative estimate of drug-likeness (QED) is 0.779. The van der Waals surface area contributed by atoms with Crippen LogP contribution in [0.1, 0.15) is 39.1 Å². The van der Waals surface area contributed by atoms with Crippen molar-refractivity contribution in [3.63, 3.8) is 0 Å². The Morgan fingerprint density at radius 2 is 1.93 bits per heavy atom. The molecule has 0 bridgehead atoms. The van der Waals surface area contributed by atoms with Gasteiger partial charge in [0.15, 0.2) is 0 Å². The molecule has 1 saturated carbocycles. The summed E-state index contributed by atoms with van der Waals surface area (Å²) in [6, 6.07) is 8.54. The van der Waals surface area contributed by atoms with Gasteiger partial charge in [-0.2, -0.15) is 0 Å². The largest absolute Gasteiger partial charge is 0.488 e. The van der Waals surface area contributed by atoms with E-state index in [4.69, 9.17) is 9.47 Å². The lowest BCUT2D eigenvalue weighted by molar-refractivity contribution is -0.0231. The van der Waals surface area contributed by atoms with E-state index in [0.717, 1.165) is 5.56 Å². The van der Waals surface area contributed by atoms with Gasteiger partial charge in [-0.05, 0) is 61.4 Å². The molecule has 0 unspecified atom stereocenters. The number of aromatic nitrogens is 1. The zero-order valence-electron chi connectivity index (χ0n) is 17.2. The Kier molecular flexibility index (Phi) is 5.72. The van der Waals surface area contributed by atoms with Gasteiger partial charge >= 0.3 is 5.97 Å². The Hall–Kier alpha value is -2.93. The van der Waals surface area contributed by atoms with Crippen molar-refractivity contribution in [2.24, 2.45) is 11.8 Å². The first-order valence-corrected chi connectivity index (χ1v) is 10.2. The van der Waals surface area contributed by atoms with Crippen molar-refractivity contribution in [3.8, 4) is 5.75 Å². The molecular weight excluding hydrogens is 384 g/mol. The van der Waals surface area contributed by atoms with Crippen LogP contribution in [0.5, 0.6) is 5.75 Å². The predicted octanol–water partition coefficient (Wildman–Crippen LogP) is 2.47. The normalized spacial score (nSPS) is 25.5. The van der Waals surface area contributed by atoms with Gasteiger partial charge in [0.1, 0.15) is 11.9 Å². The molecule has 2 aromatic rings. The number of aliphatic hydroxyl groups is 1. The van der Waals surface area contributed by atoms with Gasteiger partial charge < -0.3 is 19.5 Å². The number of fused-ring (bicyclic) bond motifs is 1. The Bertz CT molecular complexity index is 947. The van der Waals surface area contributed by atoms with Gasteiger partial charge in [0.2, 0.25) is 0 Å². The van der Waals surface area contributed by atoms with Crippen molar-refractivity contribution in [2.75, 3.05) is 20.2 Å². The highest BCUT2D eigenvalue weighted by Gasteiger charge is 2.44. The van der Waals surface area contributed by atoms with E-state index < -0.39 is 12.1 Å². The maximum atomic E-state index is 13.0. The lowest BCUT2D eigenvalue weighted by Crippen LogP contribution is -2.42. The molecule has 1 aliphatic carbocycles. The minimum Gasteiger partial charge on any atom is -0.488 e. The molecule has 1 amide bonds. The van der Waals surface area contributed by atoms with E-state index in [-0.39, 0.29) is 23.8 Å². The highest BCUT2D eigenvalue weighted by Crippen LogP contribution is 2.38. The van der Waals surface area contributed by atoms with Crippen LogP contribution in [0.2, 0.25) is 0 Å². The van der Waals surface area contributed by atoms with E-state index in [1.54, 1.807) is 42.7 Å². The molecule has 2 fully saturated rings. The van der Waals surface area contributed by atoms with Crippen LogP contribution in [0.4, 0.5) is 0 Å². The third-order valence-corrected chi connectivity index (χ3v) is 6.17. The van der Waals surface area contributed by atoms with Crippen molar-refractivity contribution in [1.82, 2.24) is 9.88 Å². The average molecular weight is 410 g/mol. The molecule has 0 radical (unpaired) electrons. The fourth-order valence-corrected chi connectivity index (χ4v) is 4.56. The number of aryl methyl sites for hydroxylation is 1. The molecule has 0 spiro atoms. The zero-order valence-corrected chi connectivity index (χ0v) is 17.2. The van der Waals surface area contributed by atoms with Crippen molar-refractivity contribution >= 4 is 11.9 Å². The van der Waals surface area contributed by atoms with E-state index in [1.165, 1.54) is 7.11 Å². The fourth-order valence-electron chi connectivity index (χ4n) is 4.56. The number of ether oxygens (including phenoxy) is 2. The number of benzene rings is 1. The molecule has 2 aliphatic rings. The number of pyridine rings is 1. The first-order valence-electron chi connectivity index (χ1n) is 10.2. The highest BCUT2D eigenvalue weighted by molar-refractivity contribution is 5.95. The molecule has 7 nitrogen and oxygen atoms in total. The summed E-state index contributed by atoms with van der Waals surface area (Å²) in [5.41, 5.74) is 1.95. The molecule has 4 rings (SSSR count). The summed E-state index contributed by atoms with van der Waals surface area (Å²) in [6.45, 7) is 3.19. The average Bonchev–Trinajstić information content (AvgIpc) is 3.16. The number of esters is 1. The van der Waals surface area contributed by atoms with Crippen LogP contribution < -0.4 is 4.74 Å². The maximum Gasteiger partial charge on any atom is 0.337 e. The lowest BCUT2D eigenvalue weighted by atomic mass is 9.78. The molecule has 158 valence electrons. The number of amides is 1. The molecule has 1 aromatic heterocycles. The molecule has 2 heterocycles. The number of nitrogens with zero attached hydrogens (tertiary/aromatic N) is 2. The number of hydrogen-bond donors (Lipinski definition) is 1. The van der Waals surface area contributed by atoms with Crippen LogP contribution in [0.15, 0.2) is 42.7 Å². The fraction of sp³-hybridized carbons (Fsp3) is 0.435. The first kappa shape index (κ1) is 20.3. The summed E-state index contributed by atoms with van der Waals surface area (Å²) >= 11 is 0. The monoisotopic (exact) mass is 410 g/mol. The standard InChI is InChI=1S/C23H26N2O5/c1-14-11-24-7-6-19(14)22(27)25-12-16-9-20(26)21(10-17(16)13-25)30-18-5-3-4-15(8-18)23(28)29-2/h3-8,11,16-17,20-21,26H,9-10,12-13H2,1-2H3/t16-,17+,20+,21+/m0/s1. The number of aliphatic hydroxyl groups excluding tert-OH is 1. The second-order valence-electron chi connectivity index (χ2n) is 8.14. The summed E-state index contributed by atoms with van der Waals surface area (Å²) < 4.78 is 10.8. The van der Waals surface area contributed by atoms with Crippen LogP contribution >= 0.6 is 0 Å². The van der Waals surface area contributed by atoms with E-state index in [2.05, 4.69) is 4.98 Å². The number of likely N-dealkylation sites (tertiary alicyclic amines) is 1. The van der Waals surface area contributed by atoms with Crippen molar-refractivity contribution < 1.29 is 24.2 Å². The molecule has 30 heavy (non-hydrogen) atoms. The van der Waals surface area contributed by atoms with Crippen molar-refractivity contribution in [3.05, 3.63) is 59.4 Å². The Labute approximate surface area is 175 Å². The number of carbonyl (C=O) groups is 2. The van der Waals surface area contributed by atoms with Gasteiger partial charge in [-0.3, -0.25) is 9.78 Å². The van der Waals surface area contributed by atoms with Crippen LogP contribution in [-0.4, -0.2) is 59.3 Å². The summed E-state index contributed by atoms with van der Waals surface area (Å²) in [7, 11) is 1.33. The summed E-state index contributed by atoms with van der Waals surface area (Å²) in [5, 5.41) is 10.7. The lowest BCUT2D eigenvalue weighted by Gasteiger charge is -2.35. The Morgan fingerprint density at radius 1 is 1.17 bits per heavy atom.